The van der Waals surface area contributed by atoms with Crippen LogP contribution < -0.4 is 0 Å². The van der Waals surface area contributed by atoms with Crippen LogP contribution in [-0.4, -0.2) is 37.2 Å². The molecule has 362 valence electrons. The van der Waals surface area contributed by atoms with Gasteiger partial charge in [0.2, 0.25) is 0 Å². The molecule has 61 heavy (non-hydrogen) atoms. The molecule has 0 unspecified atom stereocenters. The summed E-state index contributed by atoms with van der Waals surface area (Å²) < 4.78 is 16.8. The predicted molar refractivity (Wildman–Crippen MR) is 261 cm³/mol. The highest BCUT2D eigenvalue weighted by molar-refractivity contribution is 5.71. The van der Waals surface area contributed by atoms with Gasteiger partial charge >= 0.3 is 17.9 Å². The largest absolute Gasteiger partial charge is 0.462 e. The van der Waals surface area contributed by atoms with Crippen LogP contribution >= 0.6 is 0 Å². The molecule has 0 aliphatic rings. The van der Waals surface area contributed by atoms with E-state index in [0.29, 0.717) is 19.3 Å². The number of esters is 3. The van der Waals surface area contributed by atoms with Gasteiger partial charge < -0.3 is 14.2 Å². The molecule has 0 heterocycles. The van der Waals surface area contributed by atoms with Gasteiger partial charge in [-0.25, -0.2) is 0 Å². The average Bonchev–Trinajstić information content (AvgIpc) is 3.23. The maximum absolute atomic E-state index is 12.8. The van der Waals surface area contributed by atoms with Crippen LogP contribution in [0.15, 0.2) is 0 Å². The lowest BCUT2D eigenvalue weighted by Gasteiger charge is -2.18. The van der Waals surface area contributed by atoms with E-state index in [0.717, 1.165) is 69.6 Å². The van der Waals surface area contributed by atoms with Gasteiger partial charge in [-0.3, -0.25) is 14.4 Å². The Labute approximate surface area is 380 Å². The van der Waals surface area contributed by atoms with E-state index in [1.54, 1.807) is 0 Å². The maximum atomic E-state index is 12.8. The van der Waals surface area contributed by atoms with Gasteiger partial charge in [0.15, 0.2) is 6.10 Å². The molecule has 0 radical (unpaired) electrons. The maximum Gasteiger partial charge on any atom is 0.306 e. The molecule has 0 aromatic heterocycles. The third-order valence-corrected chi connectivity index (χ3v) is 12.5. The van der Waals surface area contributed by atoms with E-state index in [9.17, 15) is 14.4 Å². The van der Waals surface area contributed by atoms with Gasteiger partial charge in [0.1, 0.15) is 13.2 Å². The molecule has 1 atom stereocenters. The van der Waals surface area contributed by atoms with Crippen LogP contribution in [-0.2, 0) is 28.6 Å². The summed E-state index contributed by atoms with van der Waals surface area (Å²) in [6.45, 7) is 11.4. The van der Waals surface area contributed by atoms with E-state index in [1.807, 2.05) is 0 Å². The van der Waals surface area contributed by atoms with Crippen LogP contribution in [0.2, 0.25) is 0 Å². The summed E-state index contributed by atoms with van der Waals surface area (Å²) in [7, 11) is 0. The zero-order valence-electron chi connectivity index (χ0n) is 41.8. The quantitative estimate of drug-likeness (QED) is 0.0344. The Bertz CT molecular complexity index is 931. The lowest BCUT2D eigenvalue weighted by molar-refractivity contribution is -0.167. The minimum absolute atomic E-state index is 0.0633. The summed E-state index contributed by atoms with van der Waals surface area (Å²) >= 11 is 0. The second-order valence-corrected chi connectivity index (χ2v) is 19.8. The number of rotatable bonds is 49. The van der Waals surface area contributed by atoms with Gasteiger partial charge in [-0.15, -0.1) is 0 Å². The molecule has 0 bridgehead atoms. The van der Waals surface area contributed by atoms with Crippen LogP contribution in [0.4, 0.5) is 0 Å². The number of hydrogen-bond acceptors (Lipinski definition) is 6. The molecule has 0 aromatic carbocycles. The van der Waals surface area contributed by atoms with E-state index in [1.165, 1.54) is 193 Å². The molecule has 0 aliphatic carbocycles. The number of hydrogen-bond donors (Lipinski definition) is 0. The van der Waals surface area contributed by atoms with Crippen molar-refractivity contribution in [2.24, 2.45) is 11.8 Å². The number of carbonyl (C=O) groups is 3. The van der Waals surface area contributed by atoms with E-state index in [-0.39, 0.29) is 31.1 Å². The molecule has 0 aliphatic heterocycles. The summed E-state index contributed by atoms with van der Waals surface area (Å²) in [5.74, 6) is 0.821. The first-order chi connectivity index (χ1) is 29.7. The molecule has 0 amide bonds. The summed E-state index contributed by atoms with van der Waals surface area (Å²) in [4.78, 5) is 38.0. The average molecular weight is 863 g/mol. The van der Waals surface area contributed by atoms with Crippen molar-refractivity contribution in [1.82, 2.24) is 0 Å². The minimum Gasteiger partial charge on any atom is -0.462 e. The molecular weight excluding hydrogens is 757 g/mol. The van der Waals surface area contributed by atoms with Crippen LogP contribution in [0.1, 0.15) is 304 Å². The summed E-state index contributed by atoms with van der Waals surface area (Å²) in [5.41, 5.74) is 0. The molecule has 6 nitrogen and oxygen atoms in total. The van der Waals surface area contributed by atoms with Crippen molar-refractivity contribution in [1.29, 1.82) is 0 Å². The molecule has 0 rings (SSSR count). The van der Waals surface area contributed by atoms with Crippen molar-refractivity contribution in [3.63, 3.8) is 0 Å². The molecule has 6 heteroatoms. The highest BCUT2D eigenvalue weighted by atomic mass is 16.6. The summed E-state index contributed by atoms with van der Waals surface area (Å²) in [6, 6.07) is 0. The first-order valence-electron chi connectivity index (χ1n) is 27.2. The van der Waals surface area contributed by atoms with E-state index in [4.69, 9.17) is 14.2 Å². The zero-order valence-corrected chi connectivity index (χ0v) is 41.8. The summed E-state index contributed by atoms with van der Waals surface area (Å²) in [5, 5.41) is 0. The third-order valence-electron chi connectivity index (χ3n) is 12.5. The lowest BCUT2D eigenvalue weighted by Crippen LogP contribution is -2.30. The van der Waals surface area contributed by atoms with E-state index in [2.05, 4.69) is 34.6 Å². The Hall–Kier alpha value is -1.59. The monoisotopic (exact) mass is 863 g/mol. The second-order valence-electron chi connectivity index (χ2n) is 19.8. The van der Waals surface area contributed by atoms with Crippen molar-refractivity contribution in [2.45, 2.75) is 310 Å². The van der Waals surface area contributed by atoms with Gasteiger partial charge in [0.05, 0.1) is 0 Å². The van der Waals surface area contributed by atoms with Crippen LogP contribution in [0, 0.1) is 11.8 Å². The van der Waals surface area contributed by atoms with Crippen LogP contribution in [0.3, 0.4) is 0 Å². The standard InChI is InChI=1S/C55H106O6/c1-6-7-8-9-10-11-12-19-25-30-35-40-45-53(56)59-48-52(61-55(58)47-42-37-32-27-22-21-24-29-34-39-44-51(4)5)49-60-54(57)46-41-36-31-26-20-17-15-13-14-16-18-23-28-33-38-43-50(2)3/h50-52H,6-49H2,1-5H3/t52-/m0/s1. The Morgan fingerprint density at radius 2 is 0.541 bits per heavy atom. The fourth-order valence-corrected chi connectivity index (χ4v) is 8.34. The second kappa shape index (κ2) is 47.9. The van der Waals surface area contributed by atoms with Crippen molar-refractivity contribution < 1.29 is 28.6 Å². The van der Waals surface area contributed by atoms with Gasteiger partial charge in [-0.2, -0.15) is 0 Å². The Morgan fingerprint density at radius 1 is 0.311 bits per heavy atom. The molecule has 0 N–H and O–H groups in total. The number of ether oxygens (including phenoxy) is 3. The highest BCUT2D eigenvalue weighted by Crippen LogP contribution is 2.18. The highest BCUT2D eigenvalue weighted by Gasteiger charge is 2.19. The fourth-order valence-electron chi connectivity index (χ4n) is 8.34. The van der Waals surface area contributed by atoms with Gasteiger partial charge in [0, 0.05) is 19.3 Å². The number of carbonyl (C=O) groups excluding carboxylic acids is 3. The van der Waals surface area contributed by atoms with Gasteiger partial charge in [-0.05, 0) is 31.1 Å². The number of unbranched alkanes of at least 4 members (excludes halogenated alkanes) is 34. The molecular formula is C55H106O6. The van der Waals surface area contributed by atoms with E-state index >= 15 is 0 Å². The fraction of sp³-hybridized carbons (Fsp3) is 0.945. The molecule has 0 saturated heterocycles. The molecule has 0 saturated carbocycles. The predicted octanol–water partition coefficient (Wildman–Crippen LogP) is 17.7. The van der Waals surface area contributed by atoms with Crippen molar-refractivity contribution >= 4 is 17.9 Å². The minimum atomic E-state index is -0.762. The Kier molecular flexibility index (Phi) is 46.6. The van der Waals surface area contributed by atoms with Gasteiger partial charge in [-0.1, -0.05) is 266 Å². The summed E-state index contributed by atoms with van der Waals surface area (Å²) in [6.07, 6.45) is 49.5. The van der Waals surface area contributed by atoms with Gasteiger partial charge in [0.25, 0.3) is 0 Å². The molecule has 0 spiro atoms. The first kappa shape index (κ1) is 59.4. The van der Waals surface area contributed by atoms with Crippen molar-refractivity contribution in [2.75, 3.05) is 13.2 Å². The van der Waals surface area contributed by atoms with Crippen LogP contribution in [0.5, 0.6) is 0 Å². The van der Waals surface area contributed by atoms with E-state index < -0.39 is 6.10 Å². The normalized spacial score (nSPS) is 12.0. The topological polar surface area (TPSA) is 78.9 Å². The lowest BCUT2D eigenvalue weighted by atomic mass is 10.0. The zero-order chi connectivity index (χ0) is 44.7. The Morgan fingerprint density at radius 3 is 0.803 bits per heavy atom. The first-order valence-corrected chi connectivity index (χ1v) is 27.2. The van der Waals surface area contributed by atoms with Crippen molar-refractivity contribution in [3.8, 4) is 0 Å². The van der Waals surface area contributed by atoms with Crippen molar-refractivity contribution in [3.05, 3.63) is 0 Å². The smallest absolute Gasteiger partial charge is 0.306 e. The molecule has 0 aromatic rings. The molecule has 0 fully saturated rings. The third kappa shape index (κ3) is 49.3. The van der Waals surface area contributed by atoms with Crippen LogP contribution in [0.25, 0.3) is 0 Å². The Balaban J connectivity index is 4.27. The SMILES string of the molecule is CCCCCCCCCCCCCCC(=O)OC[C@@H](COC(=O)CCCCCCCCCCCCCCCCCC(C)C)OC(=O)CCCCCCCCCCCCC(C)C.